The molecule has 1 aliphatic rings. The molecule has 0 fully saturated rings. The summed E-state index contributed by atoms with van der Waals surface area (Å²) in [6, 6.07) is 7.70. The molecule has 27 heavy (non-hydrogen) atoms. The van der Waals surface area contributed by atoms with E-state index in [9.17, 15) is 18.0 Å². The molecule has 142 valence electrons. The number of aldehydes is 1. The lowest BCUT2D eigenvalue weighted by Crippen LogP contribution is -2.36. The number of ether oxygens (including phenoxy) is 2. The second kappa shape index (κ2) is 6.61. The van der Waals surface area contributed by atoms with Crippen LogP contribution in [0.3, 0.4) is 0 Å². The molecule has 9 heteroatoms. The third kappa shape index (κ3) is 3.35. The van der Waals surface area contributed by atoms with Crippen LogP contribution in [0.1, 0.15) is 35.6 Å². The van der Waals surface area contributed by atoms with E-state index in [1.165, 1.54) is 28.8 Å². The van der Waals surface area contributed by atoms with Crippen LogP contribution in [0.25, 0.3) is 0 Å². The first-order chi connectivity index (χ1) is 12.7. The molecule has 0 unspecified atom stereocenters. The number of aromatic nitrogens is 2. The zero-order valence-corrected chi connectivity index (χ0v) is 14.6. The van der Waals surface area contributed by atoms with Crippen LogP contribution in [-0.2, 0) is 12.0 Å². The van der Waals surface area contributed by atoms with E-state index in [0.717, 1.165) is 13.8 Å². The minimum atomic E-state index is -4.36. The highest BCUT2D eigenvalue weighted by Crippen LogP contribution is 2.40. The largest absolute Gasteiger partial charge is 0.490 e. The van der Waals surface area contributed by atoms with Gasteiger partial charge in [0.2, 0.25) is 0 Å². The number of carbonyl (C=O) groups is 1. The molecule has 0 radical (unpaired) electrons. The monoisotopic (exact) mass is 379 g/mol. The van der Waals surface area contributed by atoms with E-state index in [0.29, 0.717) is 12.0 Å². The van der Waals surface area contributed by atoms with Crippen LogP contribution < -0.4 is 9.47 Å². The minimum absolute atomic E-state index is 0.00207. The van der Waals surface area contributed by atoms with Gasteiger partial charge in [-0.15, -0.1) is 0 Å². The molecule has 2 heterocycles. The maximum Gasteiger partial charge on any atom is 0.397 e. The molecule has 0 spiro atoms. The molecule has 0 saturated carbocycles. The number of hydrogen-bond acceptors (Lipinski definition) is 5. The highest BCUT2D eigenvalue weighted by molar-refractivity contribution is 5.76. The number of halogens is 3. The van der Waals surface area contributed by atoms with Crippen molar-refractivity contribution in [2.24, 2.45) is 0 Å². The van der Waals surface area contributed by atoms with Gasteiger partial charge in [0.15, 0.2) is 18.1 Å². The number of nitriles is 1. The molecule has 0 N–H and O–H groups in total. The second-order valence-corrected chi connectivity index (χ2v) is 6.67. The lowest BCUT2D eigenvalue weighted by Gasteiger charge is -2.28. The third-order valence-electron chi connectivity index (χ3n) is 4.57. The van der Waals surface area contributed by atoms with Gasteiger partial charge in [-0.2, -0.15) is 23.4 Å². The Kier molecular flexibility index (Phi) is 4.59. The van der Waals surface area contributed by atoms with Gasteiger partial charge in [0.25, 0.3) is 6.01 Å². The van der Waals surface area contributed by atoms with Crippen LogP contribution in [0.2, 0.25) is 0 Å². The molecule has 0 amide bonds. The van der Waals surface area contributed by atoms with Crippen molar-refractivity contribution in [3.8, 4) is 17.8 Å². The molecular weight excluding hydrogens is 363 g/mol. The van der Waals surface area contributed by atoms with Crippen LogP contribution in [0.15, 0.2) is 24.3 Å². The predicted molar refractivity (Wildman–Crippen MR) is 87.8 cm³/mol. The first-order valence-electron chi connectivity index (χ1n) is 8.10. The standard InChI is InChI=1S/C18H16F3N3O3/c1-17(2,18(19,20)21)11-3-5-12(6-4-11)26-10-13-8-24-15(9-25)14(7-22)23-16(24)27-13/h3-6,9,13H,8,10H2,1-2H3/t13-/m0/s1. The highest BCUT2D eigenvalue weighted by atomic mass is 19.4. The Balaban J connectivity index is 1.63. The summed E-state index contributed by atoms with van der Waals surface area (Å²) in [5.74, 6) is 0.401. The van der Waals surface area contributed by atoms with E-state index >= 15 is 0 Å². The van der Waals surface area contributed by atoms with Gasteiger partial charge < -0.3 is 9.47 Å². The highest BCUT2D eigenvalue weighted by Gasteiger charge is 2.48. The Morgan fingerprint density at radius 2 is 2.04 bits per heavy atom. The van der Waals surface area contributed by atoms with Gasteiger partial charge in [0.1, 0.15) is 24.1 Å². The van der Waals surface area contributed by atoms with Crippen molar-refractivity contribution in [3.05, 3.63) is 41.2 Å². The fraction of sp³-hybridized carbons (Fsp3) is 0.389. The van der Waals surface area contributed by atoms with E-state index in [1.807, 2.05) is 6.07 Å². The molecule has 0 aliphatic carbocycles. The summed E-state index contributed by atoms with van der Waals surface area (Å²) in [6.45, 7) is 2.65. The van der Waals surface area contributed by atoms with Crippen molar-refractivity contribution in [2.75, 3.05) is 6.61 Å². The summed E-state index contributed by atoms with van der Waals surface area (Å²) in [5.41, 5.74) is -1.67. The lowest BCUT2D eigenvalue weighted by molar-refractivity contribution is -0.180. The zero-order chi connectivity index (χ0) is 19.8. The summed E-state index contributed by atoms with van der Waals surface area (Å²) < 4.78 is 51.9. The Morgan fingerprint density at radius 1 is 1.37 bits per heavy atom. The van der Waals surface area contributed by atoms with Crippen LogP contribution in [0, 0.1) is 11.3 Å². The molecule has 3 rings (SSSR count). The van der Waals surface area contributed by atoms with Gasteiger partial charge in [0.05, 0.1) is 12.0 Å². The average Bonchev–Trinajstić information content (AvgIpc) is 3.15. The summed E-state index contributed by atoms with van der Waals surface area (Å²) in [7, 11) is 0. The smallest absolute Gasteiger partial charge is 0.397 e. The van der Waals surface area contributed by atoms with E-state index in [2.05, 4.69) is 4.98 Å². The van der Waals surface area contributed by atoms with E-state index in [1.54, 1.807) is 0 Å². The number of nitrogens with zero attached hydrogens (tertiary/aromatic N) is 3. The van der Waals surface area contributed by atoms with Crippen molar-refractivity contribution in [2.45, 2.75) is 38.1 Å². The van der Waals surface area contributed by atoms with Gasteiger partial charge in [-0.25, -0.2) is 0 Å². The maximum atomic E-state index is 13.1. The van der Waals surface area contributed by atoms with Crippen molar-refractivity contribution in [3.63, 3.8) is 0 Å². The van der Waals surface area contributed by atoms with Crippen molar-refractivity contribution in [1.29, 1.82) is 5.26 Å². The molecule has 1 aliphatic heterocycles. The van der Waals surface area contributed by atoms with Gasteiger partial charge in [0, 0.05) is 0 Å². The first kappa shape index (κ1) is 18.8. The van der Waals surface area contributed by atoms with Crippen LogP contribution >= 0.6 is 0 Å². The number of benzene rings is 1. The van der Waals surface area contributed by atoms with Gasteiger partial charge >= 0.3 is 6.18 Å². The maximum absolute atomic E-state index is 13.1. The first-order valence-corrected chi connectivity index (χ1v) is 8.10. The number of imidazole rings is 1. The van der Waals surface area contributed by atoms with Crippen molar-refractivity contribution in [1.82, 2.24) is 9.55 Å². The number of carbonyl (C=O) groups excluding carboxylic acids is 1. The third-order valence-corrected chi connectivity index (χ3v) is 4.57. The van der Waals surface area contributed by atoms with Crippen molar-refractivity contribution < 1.29 is 27.4 Å². The number of rotatable bonds is 5. The molecule has 6 nitrogen and oxygen atoms in total. The van der Waals surface area contributed by atoms with Gasteiger partial charge in [-0.3, -0.25) is 9.36 Å². The van der Waals surface area contributed by atoms with E-state index in [4.69, 9.17) is 14.7 Å². The van der Waals surface area contributed by atoms with Crippen LogP contribution in [-0.4, -0.2) is 34.7 Å². The number of fused-ring (bicyclic) bond motifs is 1. The molecule has 1 atom stereocenters. The summed E-state index contributed by atoms with van der Waals surface area (Å²) in [4.78, 5) is 15.0. The fourth-order valence-corrected chi connectivity index (χ4v) is 2.71. The molecule has 0 saturated heterocycles. The van der Waals surface area contributed by atoms with Crippen LogP contribution in [0.4, 0.5) is 13.2 Å². The van der Waals surface area contributed by atoms with E-state index < -0.39 is 17.7 Å². The summed E-state index contributed by atoms with van der Waals surface area (Å²) in [5, 5.41) is 8.92. The average molecular weight is 379 g/mol. The molecular formula is C18H16F3N3O3. The van der Waals surface area contributed by atoms with Gasteiger partial charge in [-0.05, 0) is 31.5 Å². The molecule has 2 aromatic rings. The second-order valence-electron chi connectivity index (χ2n) is 6.67. The Hall–Kier alpha value is -3.02. The quantitative estimate of drug-likeness (QED) is 0.746. The Morgan fingerprint density at radius 3 is 2.59 bits per heavy atom. The van der Waals surface area contributed by atoms with Crippen LogP contribution in [0.5, 0.6) is 11.8 Å². The van der Waals surface area contributed by atoms with E-state index in [-0.39, 0.29) is 36.1 Å². The normalized spacial score (nSPS) is 16.4. The number of alkyl halides is 3. The minimum Gasteiger partial charge on any atom is -0.490 e. The molecule has 0 bridgehead atoms. The summed E-state index contributed by atoms with van der Waals surface area (Å²) >= 11 is 0. The molecule has 1 aromatic carbocycles. The van der Waals surface area contributed by atoms with Gasteiger partial charge in [-0.1, -0.05) is 12.1 Å². The lowest BCUT2D eigenvalue weighted by atomic mass is 9.84. The zero-order valence-electron chi connectivity index (χ0n) is 14.6. The molecule has 1 aromatic heterocycles. The Labute approximate surface area is 153 Å². The SMILES string of the molecule is CC(C)(c1ccc(OC[C@@H]2Cn3c(nc(C#N)c3C=O)O2)cc1)C(F)(F)F. The number of hydrogen-bond donors (Lipinski definition) is 0. The Bertz CT molecular complexity index is 896. The predicted octanol–water partition coefficient (Wildman–Crippen LogP) is 3.25. The topological polar surface area (TPSA) is 77.1 Å². The van der Waals surface area contributed by atoms with Crippen molar-refractivity contribution >= 4 is 6.29 Å². The summed E-state index contributed by atoms with van der Waals surface area (Å²) in [6.07, 6.45) is -4.24. The fourth-order valence-electron chi connectivity index (χ4n) is 2.71.